The molecule has 0 saturated carbocycles. The molecule has 0 spiro atoms. The lowest BCUT2D eigenvalue weighted by molar-refractivity contribution is 0.0520. The molecule has 7 heteroatoms. The Morgan fingerprint density at radius 2 is 2.47 bits per heavy atom. The summed E-state index contributed by atoms with van der Waals surface area (Å²) >= 11 is 5.45. The van der Waals surface area contributed by atoms with Crippen LogP contribution in [0, 0.1) is 5.41 Å². The Hall–Kier alpha value is -1.82. The van der Waals surface area contributed by atoms with Crippen LogP contribution in [0.2, 0.25) is 0 Å². The van der Waals surface area contributed by atoms with Crippen LogP contribution in [0.25, 0.3) is 5.70 Å². The lowest BCUT2D eigenvalue weighted by Crippen LogP contribution is -2.09. The molecular weight excluding hydrogens is 244 g/mol. The van der Waals surface area contributed by atoms with E-state index in [-0.39, 0.29) is 10.9 Å². The van der Waals surface area contributed by atoms with Crippen LogP contribution < -0.4 is 5.32 Å². The summed E-state index contributed by atoms with van der Waals surface area (Å²) in [5, 5.41) is 9.84. The Kier molecular flexibility index (Phi) is 4.71. The maximum Gasteiger partial charge on any atom is 0.356 e. The number of ether oxygens (including phenoxy) is 1. The Balaban J connectivity index is 2.93. The molecule has 1 heterocycles. The monoisotopic (exact) mass is 256 g/mol. The summed E-state index contributed by atoms with van der Waals surface area (Å²) in [6.45, 7) is 2.02. The zero-order valence-electron chi connectivity index (χ0n) is 9.50. The first-order valence-electron chi connectivity index (χ1n) is 4.94. The third-order valence-corrected chi connectivity index (χ3v) is 1.98. The Morgan fingerprint density at radius 1 is 1.76 bits per heavy atom. The van der Waals surface area contributed by atoms with Crippen LogP contribution in [0.4, 0.5) is 0 Å². The van der Waals surface area contributed by atoms with Crippen LogP contribution in [-0.4, -0.2) is 34.8 Å². The van der Waals surface area contributed by atoms with Crippen molar-refractivity contribution in [3.63, 3.8) is 0 Å². The highest BCUT2D eigenvalue weighted by Crippen LogP contribution is 2.08. The molecule has 0 saturated heterocycles. The average Bonchev–Trinajstić information content (AvgIpc) is 2.75. The minimum absolute atomic E-state index is 0.136. The average molecular weight is 257 g/mol. The van der Waals surface area contributed by atoms with Gasteiger partial charge in [-0.25, -0.2) is 9.78 Å². The smallest absolute Gasteiger partial charge is 0.356 e. The van der Waals surface area contributed by atoms with Crippen molar-refractivity contribution in [2.45, 2.75) is 6.92 Å². The lowest BCUT2D eigenvalue weighted by Gasteiger charge is -2.02. The molecule has 1 rings (SSSR count). The van der Waals surface area contributed by atoms with Gasteiger partial charge in [-0.2, -0.15) is 0 Å². The molecule has 0 aliphatic heterocycles. The van der Waals surface area contributed by atoms with Crippen molar-refractivity contribution >= 4 is 28.4 Å². The largest absolute Gasteiger partial charge is 0.461 e. The summed E-state index contributed by atoms with van der Waals surface area (Å²) < 4.78 is 4.82. The van der Waals surface area contributed by atoms with Crippen LogP contribution in [0.15, 0.2) is 12.3 Å². The van der Waals surface area contributed by atoms with Gasteiger partial charge in [0, 0.05) is 13.1 Å². The summed E-state index contributed by atoms with van der Waals surface area (Å²) in [6.07, 6.45) is 2.76. The minimum Gasteiger partial charge on any atom is -0.461 e. The number of allylic oxidation sites excluding steroid dienone is 1. The fraction of sp³-hybridized carbons (Fsp3) is 0.300. The van der Waals surface area contributed by atoms with Gasteiger partial charge < -0.3 is 15.0 Å². The molecule has 0 aliphatic rings. The van der Waals surface area contributed by atoms with Crippen LogP contribution >= 0.6 is 11.6 Å². The predicted octanol–water partition coefficient (Wildman–Crippen LogP) is 1.36. The number of imidazole rings is 1. The van der Waals surface area contributed by atoms with E-state index in [1.54, 1.807) is 14.0 Å². The zero-order chi connectivity index (χ0) is 12.8. The van der Waals surface area contributed by atoms with E-state index in [4.69, 9.17) is 21.7 Å². The molecule has 0 unspecified atom stereocenters. The fourth-order valence-electron chi connectivity index (χ4n) is 1.16. The van der Waals surface area contributed by atoms with Crippen LogP contribution in [-0.2, 0) is 4.74 Å². The van der Waals surface area contributed by atoms with Gasteiger partial charge in [-0.3, -0.25) is 5.41 Å². The number of carbonyl (C=O) groups excluding carboxylic acids is 1. The maximum absolute atomic E-state index is 11.4. The Labute approximate surface area is 104 Å². The molecule has 6 nitrogen and oxygen atoms in total. The zero-order valence-corrected chi connectivity index (χ0v) is 10.3. The van der Waals surface area contributed by atoms with E-state index < -0.39 is 5.97 Å². The van der Waals surface area contributed by atoms with Gasteiger partial charge in [-0.1, -0.05) is 11.6 Å². The van der Waals surface area contributed by atoms with Crippen LogP contribution in [0.5, 0.6) is 0 Å². The standard InChI is InChI=1S/C10H13ClN4O2/c1-3-17-10(16)7-5-14-9(15-7)6(13-2)4-8(11)12/h4-5,12-13H,3H2,1-2H3,(H,14,15). The van der Waals surface area contributed by atoms with Crippen LogP contribution in [0.1, 0.15) is 23.2 Å². The summed E-state index contributed by atoms with van der Waals surface area (Å²) in [4.78, 5) is 18.2. The van der Waals surface area contributed by atoms with E-state index >= 15 is 0 Å². The van der Waals surface area contributed by atoms with Gasteiger partial charge >= 0.3 is 5.97 Å². The van der Waals surface area contributed by atoms with E-state index in [1.165, 1.54) is 12.3 Å². The molecule has 92 valence electrons. The number of nitrogens with zero attached hydrogens (tertiary/aromatic N) is 1. The van der Waals surface area contributed by atoms with Crippen molar-refractivity contribution < 1.29 is 9.53 Å². The summed E-state index contributed by atoms with van der Waals surface area (Å²) in [6, 6.07) is 0. The molecule has 0 aromatic carbocycles. The van der Waals surface area contributed by atoms with Gasteiger partial charge in [-0.15, -0.1) is 0 Å². The number of aromatic nitrogens is 2. The fourth-order valence-corrected chi connectivity index (χ4v) is 1.27. The molecule has 0 bridgehead atoms. The quantitative estimate of drug-likeness (QED) is 0.548. The second kappa shape index (κ2) is 6.05. The highest BCUT2D eigenvalue weighted by molar-refractivity contribution is 6.67. The first-order valence-corrected chi connectivity index (χ1v) is 5.32. The van der Waals surface area contributed by atoms with Crippen molar-refractivity contribution in [2.24, 2.45) is 0 Å². The van der Waals surface area contributed by atoms with E-state index in [2.05, 4.69) is 15.3 Å². The van der Waals surface area contributed by atoms with Gasteiger partial charge in [-0.05, 0) is 6.92 Å². The molecule has 17 heavy (non-hydrogen) atoms. The molecule has 0 atom stereocenters. The molecule has 1 aromatic rings. The Morgan fingerprint density at radius 3 is 3.00 bits per heavy atom. The third kappa shape index (κ3) is 3.60. The van der Waals surface area contributed by atoms with E-state index in [9.17, 15) is 4.79 Å². The molecular formula is C10H13ClN4O2. The van der Waals surface area contributed by atoms with Crippen LogP contribution in [0.3, 0.4) is 0 Å². The summed E-state index contributed by atoms with van der Waals surface area (Å²) in [5.41, 5.74) is 0.768. The first-order chi connectivity index (χ1) is 8.08. The maximum atomic E-state index is 11.4. The third-order valence-electron chi connectivity index (χ3n) is 1.87. The van der Waals surface area contributed by atoms with Crippen molar-refractivity contribution in [1.29, 1.82) is 5.41 Å². The normalized spacial score (nSPS) is 11.1. The first kappa shape index (κ1) is 13.2. The predicted molar refractivity (Wildman–Crippen MR) is 65.2 cm³/mol. The topological polar surface area (TPSA) is 90.9 Å². The van der Waals surface area contributed by atoms with E-state index in [1.807, 2.05) is 0 Å². The summed E-state index contributed by atoms with van der Waals surface area (Å²) in [7, 11) is 1.66. The van der Waals surface area contributed by atoms with Gasteiger partial charge in [0.15, 0.2) is 5.82 Å². The minimum atomic E-state index is -0.470. The van der Waals surface area contributed by atoms with Gasteiger partial charge in [0.25, 0.3) is 0 Å². The Bertz CT molecular complexity index is 453. The van der Waals surface area contributed by atoms with E-state index in [0.717, 1.165) is 0 Å². The highest BCUT2D eigenvalue weighted by Gasteiger charge is 2.12. The summed E-state index contributed by atoms with van der Waals surface area (Å²) in [5.74, 6) is -0.0522. The number of nitrogens with one attached hydrogen (secondary N) is 3. The highest BCUT2D eigenvalue weighted by atomic mass is 35.5. The molecule has 0 amide bonds. The molecule has 3 N–H and O–H groups in total. The molecule has 0 fully saturated rings. The number of carbonyl (C=O) groups is 1. The number of rotatable bonds is 5. The molecule has 1 aromatic heterocycles. The number of aromatic amines is 1. The van der Waals surface area contributed by atoms with Gasteiger partial charge in [0.05, 0.1) is 18.5 Å². The van der Waals surface area contributed by atoms with Crippen molar-refractivity contribution in [3.8, 4) is 0 Å². The van der Waals surface area contributed by atoms with Crippen molar-refractivity contribution in [3.05, 3.63) is 23.8 Å². The number of esters is 1. The van der Waals surface area contributed by atoms with Crippen molar-refractivity contribution in [1.82, 2.24) is 15.3 Å². The molecule has 0 aliphatic carbocycles. The second-order valence-electron chi connectivity index (χ2n) is 3.02. The lowest BCUT2D eigenvalue weighted by atomic mass is 10.4. The molecule has 0 radical (unpaired) electrons. The van der Waals surface area contributed by atoms with Gasteiger partial charge in [0.1, 0.15) is 10.9 Å². The number of H-pyrrole nitrogens is 1. The van der Waals surface area contributed by atoms with E-state index in [0.29, 0.717) is 18.1 Å². The second-order valence-corrected chi connectivity index (χ2v) is 3.43. The number of hydrogen-bond donors (Lipinski definition) is 3. The van der Waals surface area contributed by atoms with Gasteiger partial charge in [0.2, 0.25) is 0 Å². The van der Waals surface area contributed by atoms with Crippen molar-refractivity contribution in [2.75, 3.05) is 13.7 Å². The number of hydrogen-bond acceptors (Lipinski definition) is 5. The number of halogens is 1. The SMILES string of the molecule is CCOC(=O)c1cnc(C(=CC(=N)Cl)NC)[nH]1.